The first kappa shape index (κ1) is 24.9. The van der Waals surface area contributed by atoms with Crippen molar-refractivity contribution >= 4 is 32.5 Å². The minimum absolute atomic E-state index is 0.127. The summed E-state index contributed by atoms with van der Waals surface area (Å²) >= 11 is 6.12. The SMILES string of the molecule is COc1ccc(Cl)cc1S(=O)(=O)N1CCC(c2c(C)n(Cc3ccccc3C)c3ccccc23)CC1. The number of nitrogens with zero attached hydrogens (tertiary/aromatic N) is 2. The number of para-hydroxylation sites is 1. The first-order valence-electron chi connectivity index (χ1n) is 12.3. The zero-order valence-corrected chi connectivity index (χ0v) is 22.4. The lowest BCUT2D eigenvalue weighted by atomic mass is 9.88. The van der Waals surface area contributed by atoms with Crippen molar-refractivity contribution in [1.29, 1.82) is 0 Å². The van der Waals surface area contributed by atoms with E-state index < -0.39 is 10.0 Å². The zero-order valence-electron chi connectivity index (χ0n) is 20.9. The van der Waals surface area contributed by atoms with Gasteiger partial charge in [-0.15, -0.1) is 0 Å². The van der Waals surface area contributed by atoms with Crippen LogP contribution in [-0.2, 0) is 16.6 Å². The van der Waals surface area contributed by atoms with Gasteiger partial charge >= 0.3 is 0 Å². The van der Waals surface area contributed by atoms with Gasteiger partial charge in [-0.3, -0.25) is 0 Å². The van der Waals surface area contributed by atoms with E-state index in [1.807, 2.05) is 0 Å². The monoisotopic (exact) mass is 522 g/mol. The summed E-state index contributed by atoms with van der Waals surface area (Å²) in [6.07, 6.45) is 1.53. The number of hydrogen-bond acceptors (Lipinski definition) is 3. The Hall–Kier alpha value is -2.80. The zero-order chi connectivity index (χ0) is 25.4. The number of ether oxygens (including phenoxy) is 1. The van der Waals surface area contributed by atoms with E-state index in [9.17, 15) is 8.42 Å². The van der Waals surface area contributed by atoms with Crippen LogP contribution in [0, 0.1) is 13.8 Å². The predicted octanol–water partition coefficient (Wildman–Crippen LogP) is 6.54. The van der Waals surface area contributed by atoms with Crippen molar-refractivity contribution in [2.75, 3.05) is 20.2 Å². The minimum atomic E-state index is -3.71. The molecule has 0 bridgehead atoms. The summed E-state index contributed by atoms with van der Waals surface area (Å²) in [6, 6.07) is 21.8. The number of aromatic nitrogens is 1. The molecule has 0 spiro atoms. The fraction of sp³-hybridized carbons (Fsp3) is 0.310. The lowest BCUT2D eigenvalue weighted by molar-refractivity contribution is 0.317. The molecule has 5 rings (SSSR count). The number of hydrogen-bond donors (Lipinski definition) is 0. The molecule has 36 heavy (non-hydrogen) atoms. The van der Waals surface area contributed by atoms with Crippen LogP contribution >= 0.6 is 11.6 Å². The van der Waals surface area contributed by atoms with Crippen LogP contribution in [-0.4, -0.2) is 37.5 Å². The highest BCUT2D eigenvalue weighted by Crippen LogP contribution is 2.39. The average Bonchev–Trinajstić information content (AvgIpc) is 3.16. The third kappa shape index (κ3) is 4.42. The largest absolute Gasteiger partial charge is 0.495 e. The van der Waals surface area contributed by atoms with Crippen molar-refractivity contribution in [3.05, 3.63) is 94.1 Å². The second-order valence-electron chi connectivity index (χ2n) is 9.50. The highest BCUT2D eigenvalue weighted by atomic mass is 35.5. The van der Waals surface area contributed by atoms with Gasteiger partial charge in [0, 0.05) is 41.3 Å². The molecule has 0 atom stereocenters. The quantitative estimate of drug-likeness (QED) is 0.289. The molecule has 1 aliphatic heterocycles. The topological polar surface area (TPSA) is 51.5 Å². The van der Waals surface area contributed by atoms with E-state index in [1.54, 1.807) is 16.4 Å². The maximum Gasteiger partial charge on any atom is 0.246 e. The van der Waals surface area contributed by atoms with Crippen LogP contribution in [0.3, 0.4) is 0 Å². The van der Waals surface area contributed by atoms with E-state index in [0.29, 0.717) is 29.8 Å². The van der Waals surface area contributed by atoms with Crippen molar-refractivity contribution in [2.24, 2.45) is 0 Å². The Kier molecular flexibility index (Phi) is 6.86. The summed E-state index contributed by atoms with van der Waals surface area (Å²) in [7, 11) is -2.23. The van der Waals surface area contributed by atoms with Gasteiger partial charge in [-0.25, -0.2) is 8.42 Å². The molecule has 1 fully saturated rings. The van der Waals surface area contributed by atoms with Crippen molar-refractivity contribution in [1.82, 2.24) is 8.87 Å². The van der Waals surface area contributed by atoms with Crippen LogP contribution in [0.25, 0.3) is 10.9 Å². The number of halogens is 1. The van der Waals surface area contributed by atoms with Gasteiger partial charge in [0.1, 0.15) is 10.6 Å². The number of rotatable bonds is 6. The van der Waals surface area contributed by atoms with Crippen molar-refractivity contribution in [3.8, 4) is 5.75 Å². The molecule has 7 heteroatoms. The van der Waals surface area contributed by atoms with Gasteiger partial charge < -0.3 is 9.30 Å². The van der Waals surface area contributed by atoms with Crippen LogP contribution in [0.4, 0.5) is 0 Å². The molecule has 0 radical (unpaired) electrons. The molecule has 2 heterocycles. The van der Waals surface area contributed by atoms with Gasteiger partial charge in [0.25, 0.3) is 0 Å². The minimum Gasteiger partial charge on any atom is -0.495 e. The Balaban J connectivity index is 1.44. The summed E-state index contributed by atoms with van der Waals surface area (Å²) in [5.74, 6) is 0.609. The molecule has 3 aromatic carbocycles. The van der Waals surface area contributed by atoms with Crippen LogP contribution in [0.5, 0.6) is 5.75 Å². The lowest BCUT2D eigenvalue weighted by Gasteiger charge is -2.32. The number of fused-ring (bicyclic) bond motifs is 1. The molecular formula is C29H31ClN2O3S. The normalized spacial score (nSPS) is 15.4. The molecule has 4 aromatic rings. The molecule has 5 nitrogen and oxygen atoms in total. The number of methoxy groups -OCH3 is 1. The summed E-state index contributed by atoms with van der Waals surface area (Å²) < 4.78 is 36.2. The Bertz CT molecular complexity index is 1520. The van der Waals surface area contributed by atoms with Gasteiger partial charge in [0.15, 0.2) is 0 Å². The molecule has 1 aliphatic rings. The molecular weight excluding hydrogens is 492 g/mol. The van der Waals surface area contributed by atoms with E-state index >= 15 is 0 Å². The van der Waals surface area contributed by atoms with E-state index in [0.717, 1.165) is 19.4 Å². The summed E-state index contributed by atoms with van der Waals surface area (Å²) in [6.45, 7) is 6.09. The summed E-state index contributed by atoms with van der Waals surface area (Å²) in [5, 5.41) is 1.64. The fourth-order valence-electron chi connectivity index (χ4n) is 5.51. The summed E-state index contributed by atoms with van der Waals surface area (Å²) in [4.78, 5) is 0.127. The first-order valence-corrected chi connectivity index (χ1v) is 14.1. The molecule has 188 valence electrons. The fourth-order valence-corrected chi connectivity index (χ4v) is 7.40. The number of piperidine rings is 1. The molecule has 0 aliphatic carbocycles. The Morgan fingerprint density at radius 2 is 1.67 bits per heavy atom. The van der Waals surface area contributed by atoms with Crippen LogP contribution in [0.2, 0.25) is 5.02 Å². The first-order chi connectivity index (χ1) is 17.3. The highest BCUT2D eigenvalue weighted by molar-refractivity contribution is 7.89. The second kappa shape index (κ2) is 9.92. The van der Waals surface area contributed by atoms with Crippen LogP contribution < -0.4 is 4.74 Å². The molecule has 1 saturated heterocycles. The van der Waals surface area contributed by atoms with E-state index in [4.69, 9.17) is 16.3 Å². The molecule has 0 unspecified atom stereocenters. The third-order valence-corrected chi connectivity index (χ3v) is 9.63. The Labute approximate surface area is 218 Å². The van der Waals surface area contributed by atoms with Gasteiger partial charge in [-0.2, -0.15) is 4.31 Å². The van der Waals surface area contributed by atoms with Crippen molar-refractivity contribution in [3.63, 3.8) is 0 Å². The van der Waals surface area contributed by atoms with Gasteiger partial charge in [-0.05, 0) is 73.6 Å². The predicted molar refractivity (Wildman–Crippen MR) is 146 cm³/mol. The second-order valence-corrected chi connectivity index (χ2v) is 11.8. The number of aryl methyl sites for hydroxylation is 1. The van der Waals surface area contributed by atoms with Crippen LogP contribution in [0.15, 0.2) is 71.6 Å². The maximum atomic E-state index is 13.5. The van der Waals surface area contributed by atoms with Crippen molar-refractivity contribution in [2.45, 2.75) is 44.0 Å². The molecule has 0 N–H and O–H groups in total. The van der Waals surface area contributed by atoms with Gasteiger partial charge in [0.2, 0.25) is 10.0 Å². The Morgan fingerprint density at radius 1 is 0.972 bits per heavy atom. The lowest BCUT2D eigenvalue weighted by Crippen LogP contribution is -2.38. The average molecular weight is 523 g/mol. The van der Waals surface area contributed by atoms with Gasteiger partial charge in [-0.1, -0.05) is 54.1 Å². The van der Waals surface area contributed by atoms with E-state index in [-0.39, 0.29) is 4.90 Å². The Morgan fingerprint density at radius 3 is 2.39 bits per heavy atom. The third-order valence-electron chi connectivity index (χ3n) is 7.48. The standard InChI is InChI=1S/C29H31ClN2O3S/c1-20-8-4-5-9-23(20)19-32-21(2)29(25-10-6-7-11-26(25)32)22-14-16-31(17-15-22)36(33,34)28-18-24(30)12-13-27(28)35-3/h4-13,18,22H,14-17,19H2,1-3H3. The molecule has 1 aromatic heterocycles. The van der Waals surface area contributed by atoms with Gasteiger partial charge in [0.05, 0.1) is 7.11 Å². The molecule has 0 saturated carbocycles. The smallest absolute Gasteiger partial charge is 0.246 e. The van der Waals surface area contributed by atoms with E-state index in [1.165, 1.54) is 46.5 Å². The molecule has 0 amide bonds. The number of sulfonamides is 1. The van der Waals surface area contributed by atoms with Crippen molar-refractivity contribution < 1.29 is 13.2 Å². The van der Waals surface area contributed by atoms with Crippen LogP contribution in [0.1, 0.15) is 41.1 Å². The maximum absolute atomic E-state index is 13.5. The summed E-state index contributed by atoms with van der Waals surface area (Å²) in [5.41, 5.74) is 6.43. The highest BCUT2D eigenvalue weighted by Gasteiger charge is 2.34. The number of benzene rings is 3. The van der Waals surface area contributed by atoms with E-state index in [2.05, 4.69) is 66.9 Å².